The van der Waals surface area contributed by atoms with E-state index in [1.54, 1.807) is 0 Å². The molecule has 0 aromatic heterocycles. The first kappa shape index (κ1) is 15.2. The molecule has 0 radical (unpaired) electrons. The van der Waals surface area contributed by atoms with Crippen LogP contribution in [0, 0.1) is 0 Å². The van der Waals surface area contributed by atoms with Crippen LogP contribution in [0.15, 0.2) is 29.3 Å². The Kier molecular flexibility index (Phi) is 5.43. The Morgan fingerprint density at radius 2 is 2.19 bits per heavy atom. The van der Waals surface area contributed by atoms with Gasteiger partial charge in [-0.25, -0.2) is 4.79 Å². The van der Waals surface area contributed by atoms with E-state index in [-0.39, 0.29) is 6.04 Å². The minimum absolute atomic E-state index is 0.120. The molecule has 114 valence electrons. The molecule has 0 saturated carbocycles. The lowest BCUT2D eigenvalue weighted by Crippen LogP contribution is -2.45. The third kappa shape index (κ3) is 4.37. The molecule has 0 saturated heterocycles. The van der Waals surface area contributed by atoms with Crippen molar-refractivity contribution in [3.05, 3.63) is 29.8 Å². The molecular formula is C15H21N3O3. The van der Waals surface area contributed by atoms with Gasteiger partial charge >= 0.3 is 6.09 Å². The van der Waals surface area contributed by atoms with Crippen LogP contribution in [0.3, 0.4) is 0 Å². The van der Waals surface area contributed by atoms with E-state index in [1.807, 2.05) is 24.3 Å². The molecule has 0 spiro atoms. The van der Waals surface area contributed by atoms with Crippen molar-refractivity contribution in [1.29, 1.82) is 0 Å². The summed E-state index contributed by atoms with van der Waals surface area (Å²) in [6, 6.07) is 8.11. The van der Waals surface area contributed by atoms with Crippen LogP contribution in [-0.4, -0.2) is 32.3 Å². The molecule has 1 amide bonds. The molecule has 1 aromatic rings. The number of methoxy groups -OCH3 is 1. The maximum absolute atomic E-state index is 11.2. The number of alkyl carbamates (subject to hydrolysis) is 1. The highest BCUT2D eigenvalue weighted by Crippen LogP contribution is 2.22. The Labute approximate surface area is 124 Å². The molecule has 0 bridgehead atoms. The van der Waals surface area contributed by atoms with Crippen LogP contribution in [0.1, 0.15) is 31.4 Å². The van der Waals surface area contributed by atoms with E-state index < -0.39 is 6.09 Å². The standard InChI is InChI=1S/C15H21N3O3/c1-3-10-21-12-6-4-11(5-7-12)13-8-9-16-14(17-13)18-15(19)20-2/h4-7,13H,3,8-10H2,1-2H3,(H2,16,17,18,19). The van der Waals surface area contributed by atoms with Crippen LogP contribution in [0.25, 0.3) is 0 Å². The van der Waals surface area contributed by atoms with Crippen molar-refractivity contribution in [1.82, 2.24) is 10.6 Å². The molecule has 0 fully saturated rings. The summed E-state index contributed by atoms with van der Waals surface area (Å²) in [5.74, 6) is 1.32. The highest BCUT2D eigenvalue weighted by Gasteiger charge is 2.18. The summed E-state index contributed by atoms with van der Waals surface area (Å²) >= 11 is 0. The number of carbonyl (C=O) groups excluding carboxylic acids is 1. The predicted molar refractivity (Wildman–Crippen MR) is 80.6 cm³/mol. The largest absolute Gasteiger partial charge is 0.494 e. The van der Waals surface area contributed by atoms with E-state index in [0.29, 0.717) is 12.5 Å². The molecular weight excluding hydrogens is 270 g/mol. The van der Waals surface area contributed by atoms with Crippen LogP contribution in [0.5, 0.6) is 5.75 Å². The maximum Gasteiger partial charge on any atom is 0.413 e. The first-order chi connectivity index (χ1) is 10.2. The fourth-order valence-electron chi connectivity index (χ4n) is 2.08. The van der Waals surface area contributed by atoms with Crippen LogP contribution in [0.2, 0.25) is 0 Å². The number of benzene rings is 1. The fourth-order valence-corrected chi connectivity index (χ4v) is 2.08. The molecule has 2 rings (SSSR count). The molecule has 0 aliphatic carbocycles. The van der Waals surface area contributed by atoms with Crippen LogP contribution in [0.4, 0.5) is 4.79 Å². The van der Waals surface area contributed by atoms with E-state index >= 15 is 0 Å². The van der Waals surface area contributed by atoms with Crippen LogP contribution in [-0.2, 0) is 4.74 Å². The number of ether oxygens (including phenoxy) is 2. The van der Waals surface area contributed by atoms with E-state index in [9.17, 15) is 4.79 Å². The molecule has 6 nitrogen and oxygen atoms in total. The Hall–Kier alpha value is -2.24. The topological polar surface area (TPSA) is 72.0 Å². The highest BCUT2D eigenvalue weighted by molar-refractivity contribution is 5.94. The number of rotatable bonds is 4. The number of hydrogen-bond acceptors (Lipinski definition) is 5. The normalized spacial score (nSPS) is 17.4. The van der Waals surface area contributed by atoms with Crippen molar-refractivity contribution < 1.29 is 14.3 Å². The summed E-state index contributed by atoms with van der Waals surface area (Å²) < 4.78 is 10.1. The van der Waals surface area contributed by atoms with E-state index in [4.69, 9.17) is 4.74 Å². The summed E-state index contributed by atoms with van der Waals surface area (Å²) in [5.41, 5.74) is 1.14. The lowest BCUT2D eigenvalue weighted by atomic mass is 10.0. The van der Waals surface area contributed by atoms with Gasteiger partial charge in [0.2, 0.25) is 5.96 Å². The summed E-state index contributed by atoms with van der Waals surface area (Å²) in [7, 11) is 1.32. The Morgan fingerprint density at radius 3 is 2.86 bits per heavy atom. The average molecular weight is 291 g/mol. The Balaban J connectivity index is 1.96. The van der Waals surface area contributed by atoms with Crippen molar-refractivity contribution in [3.63, 3.8) is 0 Å². The third-order valence-corrected chi connectivity index (χ3v) is 3.16. The van der Waals surface area contributed by atoms with Gasteiger partial charge < -0.3 is 14.8 Å². The van der Waals surface area contributed by atoms with Gasteiger partial charge in [0.05, 0.1) is 19.8 Å². The summed E-state index contributed by atoms with van der Waals surface area (Å²) in [4.78, 5) is 15.4. The number of nitrogens with zero attached hydrogens (tertiary/aromatic N) is 1. The van der Waals surface area contributed by atoms with Gasteiger partial charge in [0.25, 0.3) is 0 Å². The van der Waals surface area contributed by atoms with Crippen molar-refractivity contribution in [3.8, 4) is 5.75 Å². The molecule has 1 aliphatic rings. The lowest BCUT2D eigenvalue weighted by molar-refractivity contribution is 0.176. The van der Waals surface area contributed by atoms with E-state index in [1.165, 1.54) is 7.11 Å². The van der Waals surface area contributed by atoms with Gasteiger partial charge in [-0.1, -0.05) is 19.1 Å². The molecule has 6 heteroatoms. The summed E-state index contributed by atoms with van der Waals surface area (Å²) in [6.45, 7) is 3.46. The number of nitrogens with one attached hydrogen (secondary N) is 2. The minimum atomic E-state index is -0.523. The molecule has 1 aliphatic heterocycles. The second-order valence-corrected chi connectivity index (χ2v) is 4.75. The zero-order chi connectivity index (χ0) is 15.1. The van der Waals surface area contributed by atoms with Crippen LogP contribution >= 0.6 is 0 Å². The monoisotopic (exact) mass is 291 g/mol. The predicted octanol–water partition coefficient (Wildman–Crippen LogP) is 2.22. The average Bonchev–Trinajstić information content (AvgIpc) is 2.53. The molecule has 1 unspecified atom stereocenters. The minimum Gasteiger partial charge on any atom is -0.494 e. The van der Waals surface area contributed by atoms with Gasteiger partial charge in [-0.3, -0.25) is 10.3 Å². The summed E-state index contributed by atoms with van der Waals surface area (Å²) in [6.07, 6.45) is 1.34. The van der Waals surface area contributed by atoms with Crippen molar-refractivity contribution in [2.75, 3.05) is 20.3 Å². The number of guanidine groups is 1. The van der Waals surface area contributed by atoms with Gasteiger partial charge in [0, 0.05) is 6.54 Å². The Morgan fingerprint density at radius 1 is 1.43 bits per heavy atom. The SMILES string of the molecule is CCCOc1ccc(C2CCN=C(NC(=O)OC)N2)cc1. The van der Waals surface area contributed by atoms with Gasteiger partial charge in [-0.15, -0.1) is 0 Å². The number of amides is 1. The van der Waals surface area contributed by atoms with Gasteiger partial charge in [0.1, 0.15) is 5.75 Å². The zero-order valence-electron chi connectivity index (χ0n) is 12.4. The zero-order valence-corrected chi connectivity index (χ0v) is 12.4. The maximum atomic E-state index is 11.2. The molecule has 1 aromatic carbocycles. The second kappa shape index (κ2) is 7.52. The first-order valence-corrected chi connectivity index (χ1v) is 7.11. The lowest BCUT2D eigenvalue weighted by Gasteiger charge is -2.25. The van der Waals surface area contributed by atoms with Crippen molar-refractivity contribution >= 4 is 12.1 Å². The third-order valence-electron chi connectivity index (χ3n) is 3.16. The van der Waals surface area contributed by atoms with Gasteiger partial charge in [-0.05, 0) is 30.5 Å². The molecule has 1 heterocycles. The quantitative estimate of drug-likeness (QED) is 0.892. The Bertz CT molecular complexity index is 499. The molecule has 1 atom stereocenters. The van der Waals surface area contributed by atoms with Crippen molar-refractivity contribution in [2.45, 2.75) is 25.8 Å². The highest BCUT2D eigenvalue weighted by atomic mass is 16.5. The number of carbonyl (C=O) groups is 1. The van der Waals surface area contributed by atoms with Gasteiger partial charge in [0.15, 0.2) is 0 Å². The molecule has 21 heavy (non-hydrogen) atoms. The number of aliphatic imine (C=N–C) groups is 1. The second-order valence-electron chi connectivity index (χ2n) is 4.75. The van der Waals surface area contributed by atoms with Crippen molar-refractivity contribution in [2.24, 2.45) is 4.99 Å². The first-order valence-electron chi connectivity index (χ1n) is 7.11. The number of hydrogen-bond donors (Lipinski definition) is 2. The van der Waals surface area contributed by atoms with Crippen LogP contribution < -0.4 is 15.4 Å². The van der Waals surface area contributed by atoms with E-state index in [2.05, 4.69) is 27.3 Å². The van der Waals surface area contributed by atoms with Gasteiger partial charge in [-0.2, -0.15) is 0 Å². The fraction of sp³-hybridized carbons (Fsp3) is 0.467. The summed E-state index contributed by atoms with van der Waals surface area (Å²) in [5, 5.41) is 5.76. The smallest absolute Gasteiger partial charge is 0.413 e. The van der Waals surface area contributed by atoms with E-state index in [0.717, 1.165) is 30.8 Å². The molecule has 2 N–H and O–H groups in total.